The fourth-order valence-corrected chi connectivity index (χ4v) is 3.58. The second-order valence-electron chi connectivity index (χ2n) is 4.76. The van der Waals surface area contributed by atoms with Crippen molar-refractivity contribution < 1.29 is 13.2 Å². The lowest BCUT2D eigenvalue weighted by Gasteiger charge is -2.33. The molecule has 0 aromatic heterocycles. The molecule has 1 atom stereocenters. The molecule has 2 aliphatic heterocycles. The Kier molecular flexibility index (Phi) is 2.38. The Balaban J connectivity index is 2.21. The minimum Gasteiger partial charge on any atom is -0.358 e. The van der Waals surface area contributed by atoms with Crippen molar-refractivity contribution in [1.29, 1.82) is 0 Å². The summed E-state index contributed by atoms with van der Waals surface area (Å²) in [5.74, 6) is -0.101. The molecule has 1 amide bonds. The molecule has 2 aliphatic rings. The van der Waals surface area contributed by atoms with Crippen LogP contribution in [-0.2, 0) is 14.6 Å². The molecule has 1 unspecified atom stereocenters. The first-order valence-corrected chi connectivity index (χ1v) is 7.78. The van der Waals surface area contributed by atoms with Crippen LogP contribution in [0.3, 0.4) is 0 Å². The number of hydrogen-bond acceptors (Lipinski definition) is 4. The highest BCUT2D eigenvalue weighted by molar-refractivity contribution is 7.90. The van der Waals surface area contributed by atoms with Crippen molar-refractivity contribution in [3.63, 3.8) is 0 Å². The molecule has 3 rings (SSSR count). The number of rotatable bonds is 1. The van der Waals surface area contributed by atoms with Crippen LogP contribution >= 0.6 is 0 Å². The number of fused-ring (bicyclic) bond motifs is 3. The number of anilines is 2. The number of nitrogens with zero attached hydrogens (tertiary/aromatic N) is 1. The first kappa shape index (κ1) is 11.5. The van der Waals surface area contributed by atoms with Crippen molar-refractivity contribution in [2.24, 2.45) is 0 Å². The smallest absolute Gasteiger partial charge is 0.247 e. The Bertz CT molecular complexity index is 624. The van der Waals surface area contributed by atoms with Gasteiger partial charge in [0.15, 0.2) is 9.84 Å². The molecule has 1 saturated heterocycles. The van der Waals surface area contributed by atoms with E-state index < -0.39 is 9.84 Å². The lowest BCUT2D eigenvalue weighted by Crippen LogP contribution is -2.44. The van der Waals surface area contributed by atoms with Gasteiger partial charge in [-0.15, -0.1) is 0 Å². The number of sulfone groups is 1. The highest BCUT2D eigenvalue weighted by Gasteiger charge is 2.37. The summed E-state index contributed by atoms with van der Waals surface area (Å²) in [6.07, 6.45) is 2.94. The van der Waals surface area contributed by atoms with E-state index in [9.17, 15) is 13.2 Å². The van der Waals surface area contributed by atoms with Gasteiger partial charge in [0, 0.05) is 12.8 Å². The Labute approximate surface area is 106 Å². The zero-order chi connectivity index (χ0) is 12.9. The number of para-hydroxylation sites is 1. The number of benzene rings is 1. The van der Waals surface area contributed by atoms with E-state index in [0.29, 0.717) is 5.69 Å². The molecule has 1 aromatic rings. The van der Waals surface area contributed by atoms with Gasteiger partial charge >= 0.3 is 0 Å². The second-order valence-corrected chi connectivity index (χ2v) is 6.75. The molecule has 0 bridgehead atoms. The molecule has 0 radical (unpaired) electrons. The summed E-state index contributed by atoms with van der Waals surface area (Å²) in [4.78, 5) is 14.2. The molecule has 96 valence electrons. The molecule has 6 heteroatoms. The fourth-order valence-electron chi connectivity index (χ4n) is 2.73. The molecule has 1 N–H and O–H groups in total. The van der Waals surface area contributed by atoms with E-state index in [1.165, 1.54) is 6.07 Å². The van der Waals surface area contributed by atoms with Gasteiger partial charge in [-0.1, -0.05) is 6.07 Å². The van der Waals surface area contributed by atoms with E-state index in [4.69, 9.17) is 0 Å². The standard InChI is InChI=1S/C12H14N2O3S/c1-18(16,17)10-6-2-4-8-11(10)13-12(15)9-5-3-7-14(8)9/h2,4,6,9H,3,5,7H2,1H3,(H,13,15). The third-order valence-corrected chi connectivity index (χ3v) is 4.66. The number of nitrogens with one attached hydrogen (secondary N) is 1. The Morgan fingerprint density at radius 3 is 2.89 bits per heavy atom. The van der Waals surface area contributed by atoms with Crippen LogP contribution in [0.1, 0.15) is 12.8 Å². The molecule has 0 aliphatic carbocycles. The molecule has 5 nitrogen and oxygen atoms in total. The maximum absolute atomic E-state index is 12.0. The van der Waals surface area contributed by atoms with Crippen molar-refractivity contribution in [2.45, 2.75) is 23.8 Å². The van der Waals surface area contributed by atoms with Gasteiger partial charge in [-0.25, -0.2) is 8.42 Å². The largest absolute Gasteiger partial charge is 0.358 e. The molecule has 0 saturated carbocycles. The van der Waals surface area contributed by atoms with Crippen LogP contribution in [0.2, 0.25) is 0 Å². The second kappa shape index (κ2) is 3.71. The van der Waals surface area contributed by atoms with Crippen molar-refractivity contribution in [2.75, 3.05) is 23.0 Å². The summed E-state index contributed by atoms with van der Waals surface area (Å²) in [5.41, 5.74) is 1.25. The Morgan fingerprint density at radius 1 is 1.39 bits per heavy atom. The maximum atomic E-state index is 12.0. The summed E-state index contributed by atoms with van der Waals surface area (Å²) >= 11 is 0. The summed E-state index contributed by atoms with van der Waals surface area (Å²) < 4.78 is 23.5. The van der Waals surface area contributed by atoms with E-state index in [1.807, 2.05) is 11.0 Å². The van der Waals surface area contributed by atoms with E-state index >= 15 is 0 Å². The van der Waals surface area contributed by atoms with Gasteiger partial charge in [0.25, 0.3) is 0 Å². The third kappa shape index (κ3) is 1.59. The normalized spacial score (nSPS) is 22.4. The zero-order valence-electron chi connectivity index (χ0n) is 10.0. The minimum atomic E-state index is -3.34. The maximum Gasteiger partial charge on any atom is 0.247 e. The first-order valence-electron chi connectivity index (χ1n) is 5.89. The summed E-state index contributed by atoms with van der Waals surface area (Å²) in [7, 11) is -3.34. The quantitative estimate of drug-likeness (QED) is 0.824. The van der Waals surface area contributed by atoms with E-state index in [-0.39, 0.29) is 16.8 Å². The lowest BCUT2D eigenvalue weighted by molar-refractivity contribution is -0.117. The Morgan fingerprint density at radius 2 is 2.17 bits per heavy atom. The number of amides is 1. The molecular weight excluding hydrogens is 252 g/mol. The first-order chi connectivity index (χ1) is 8.48. The predicted octanol–water partition coefficient (Wildman–Crippen LogP) is 1.01. The van der Waals surface area contributed by atoms with Gasteiger partial charge in [0.2, 0.25) is 5.91 Å². The predicted molar refractivity (Wildman–Crippen MR) is 68.5 cm³/mol. The van der Waals surface area contributed by atoms with Crippen molar-refractivity contribution in [3.05, 3.63) is 18.2 Å². The van der Waals surface area contributed by atoms with Gasteiger partial charge in [-0.3, -0.25) is 4.79 Å². The van der Waals surface area contributed by atoms with Gasteiger partial charge < -0.3 is 10.2 Å². The van der Waals surface area contributed by atoms with Crippen LogP contribution in [0.4, 0.5) is 11.4 Å². The highest BCUT2D eigenvalue weighted by Crippen LogP contribution is 2.40. The molecule has 2 heterocycles. The van der Waals surface area contributed by atoms with Crippen LogP contribution in [0, 0.1) is 0 Å². The number of carbonyl (C=O) groups is 1. The molecular formula is C12H14N2O3S. The van der Waals surface area contributed by atoms with Crippen LogP contribution in [0.25, 0.3) is 0 Å². The van der Waals surface area contributed by atoms with E-state index in [1.54, 1.807) is 6.07 Å². The summed E-state index contributed by atoms with van der Waals surface area (Å²) in [6.45, 7) is 0.804. The van der Waals surface area contributed by atoms with Crippen LogP contribution in [0.5, 0.6) is 0 Å². The molecule has 0 spiro atoms. The minimum absolute atomic E-state index is 0.101. The van der Waals surface area contributed by atoms with Crippen molar-refractivity contribution in [1.82, 2.24) is 0 Å². The SMILES string of the molecule is CS(=O)(=O)c1cccc2c1NC(=O)C1CCCN21. The van der Waals surface area contributed by atoms with Crippen molar-refractivity contribution >= 4 is 27.1 Å². The van der Waals surface area contributed by atoms with Gasteiger partial charge in [-0.2, -0.15) is 0 Å². The third-order valence-electron chi connectivity index (χ3n) is 3.52. The molecule has 1 fully saturated rings. The highest BCUT2D eigenvalue weighted by atomic mass is 32.2. The Hall–Kier alpha value is -1.56. The van der Waals surface area contributed by atoms with Gasteiger partial charge in [-0.05, 0) is 25.0 Å². The van der Waals surface area contributed by atoms with E-state index in [0.717, 1.165) is 31.3 Å². The van der Waals surface area contributed by atoms with Gasteiger partial charge in [0.05, 0.1) is 16.3 Å². The monoisotopic (exact) mass is 266 g/mol. The average Bonchev–Trinajstić information content (AvgIpc) is 2.77. The van der Waals surface area contributed by atoms with Crippen LogP contribution < -0.4 is 10.2 Å². The zero-order valence-corrected chi connectivity index (χ0v) is 10.8. The van der Waals surface area contributed by atoms with Crippen LogP contribution in [0.15, 0.2) is 23.1 Å². The van der Waals surface area contributed by atoms with E-state index in [2.05, 4.69) is 5.32 Å². The number of hydrogen-bond donors (Lipinski definition) is 1. The number of carbonyl (C=O) groups excluding carboxylic acids is 1. The molecule has 1 aromatic carbocycles. The van der Waals surface area contributed by atoms with Crippen molar-refractivity contribution in [3.8, 4) is 0 Å². The molecule has 18 heavy (non-hydrogen) atoms. The topological polar surface area (TPSA) is 66.5 Å². The van der Waals surface area contributed by atoms with Gasteiger partial charge in [0.1, 0.15) is 6.04 Å². The summed E-state index contributed by atoms with van der Waals surface area (Å²) in [6, 6.07) is 4.97. The summed E-state index contributed by atoms with van der Waals surface area (Å²) in [5, 5.41) is 2.75. The van der Waals surface area contributed by atoms with Crippen LogP contribution in [-0.4, -0.2) is 33.2 Å². The fraction of sp³-hybridized carbons (Fsp3) is 0.417. The average molecular weight is 266 g/mol. The lowest BCUT2D eigenvalue weighted by atomic mass is 10.1.